The quantitative estimate of drug-likeness (QED) is 0.158. The molecule has 1 heterocycles. The van der Waals surface area contributed by atoms with E-state index < -0.39 is 0 Å². The summed E-state index contributed by atoms with van der Waals surface area (Å²) in [6, 6.07) is 11.7. The standard InChI is InChI=1S/C23H38N4O2.HI/c1-19-17-21(14-16-27(19)18-20-11-7-6-8-12-20)26-23(24-2)25-15-10-5-4-9-13-22(28)29-3;/h6-8,11-12,19,21H,4-5,9-10,13-18H2,1-3H3,(H2,24,25,26);1H. The monoisotopic (exact) mass is 530 g/mol. The predicted molar refractivity (Wildman–Crippen MR) is 134 cm³/mol. The van der Waals surface area contributed by atoms with Crippen molar-refractivity contribution < 1.29 is 9.53 Å². The van der Waals surface area contributed by atoms with Gasteiger partial charge in [0.05, 0.1) is 7.11 Å². The normalized spacial score (nSPS) is 19.6. The topological polar surface area (TPSA) is 66.0 Å². The summed E-state index contributed by atoms with van der Waals surface area (Å²) in [5.74, 6) is 0.782. The zero-order valence-corrected chi connectivity index (χ0v) is 21.1. The van der Waals surface area contributed by atoms with E-state index in [9.17, 15) is 4.79 Å². The highest BCUT2D eigenvalue weighted by Crippen LogP contribution is 2.19. The van der Waals surface area contributed by atoms with Gasteiger partial charge in [0.25, 0.3) is 0 Å². The van der Waals surface area contributed by atoms with Crippen molar-refractivity contribution in [3.05, 3.63) is 35.9 Å². The number of unbranched alkanes of at least 4 members (excludes halogenated alkanes) is 3. The Balaban J connectivity index is 0.00000450. The summed E-state index contributed by atoms with van der Waals surface area (Å²) in [5.41, 5.74) is 1.38. The summed E-state index contributed by atoms with van der Waals surface area (Å²) in [6.07, 6.45) is 6.92. The van der Waals surface area contributed by atoms with Crippen LogP contribution in [0.2, 0.25) is 0 Å². The molecule has 0 aromatic heterocycles. The number of benzene rings is 1. The number of piperidine rings is 1. The fraction of sp³-hybridized carbons (Fsp3) is 0.652. The van der Waals surface area contributed by atoms with Crippen LogP contribution in [0.15, 0.2) is 35.3 Å². The van der Waals surface area contributed by atoms with Crippen molar-refractivity contribution >= 4 is 35.9 Å². The summed E-state index contributed by atoms with van der Waals surface area (Å²) in [6.45, 7) is 5.35. The van der Waals surface area contributed by atoms with Crippen LogP contribution in [0.5, 0.6) is 0 Å². The predicted octanol–water partition coefficient (Wildman–Crippen LogP) is 3.95. The van der Waals surface area contributed by atoms with Crippen LogP contribution in [0.3, 0.4) is 0 Å². The van der Waals surface area contributed by atoms with Crippen molar-refractivity contribution in [3.8, 4) is 0 Å². The molecular weight excluding hydrogens is 491 g/mol. The summed E-state index contributed by atoms with van der Waals surface area (Å²) >= 11 is 0. The fourth-order valence-electron chi connectivity index (χ4n) is 3.85. The number of ether oxygens (including phenoxy) is 1. The van der Waals surface area contributed by atoms with Gasteiger partial charge in [0.1, 0.15) is 0 Å². The van der Waals surface area contributed by atoms with E-state index in [1.807, 2.05) is 7.05 Å². The SMILES string of the molecule is CN=C(NCCCCCCC(=O)OC)NC1CCN(Cc2ccccc2)C(C)C1.I. The van der Waals surface area contributed by atoms with Gasteiger partial charge in [-0.1, -0.05) is 43.2 Å². The van der Waals surface area contributed by atoms with Crippen LogP contribution in [0.4, 0.5) is 0 Å². The number of methoxy groups -OCH3 is 1. The summed E-state index contributed by atoms with van der Waals surface area (Å²) in [5, 5.41) is 7.02. The Morgan fingerprint density at radius 3 is 2.60 bits per heavy atom. The average molecular weight is 530 g/mol. The van der Waals surface area contributed by atoms with E-state index in [0.29, 0.717) is 18.5 Å². The minimum Gasteiger partial charge on any atom is -0.469 e. The zero-order valence-electron chi connectivity index (χ0n) is 18.7. The fourth-order valence-corrected chi connectivity index (χ4v) is 3.85. The third-order valence-corrected chi connectivity index (χ3v) is 5.63. The highest BCUT2D eigenvalue weighted by molar-refractivity contribution is 14.0. The van der Waals surface area contributed by atoms with E-state index in [1.54, 1.807) is 0 Å². The van der Waals surface area contributed by atoms with Crippen LogP contribution in [0.25, 0.3) is 0 Å². The number of esters is 1. The number of guanidine groups is 1. The third-order valence-electron chi connectivity index (χ3n) is 5.63. The summed E-state index contributed by atoms with van der Waals surface area (Å²) in [4.78, 5) is 18.0. The van der Waals surface area contributed by atoms with Crippen molar-refractivity contribution in [1.82, 2.24) is 15.5 Å². The molecule has 1 aromatic carbocycles. The lowest BCUT2D eigenvalue weighted by Gasteiger charge is -2.38. The molecule has 7 heteroatoms. The second-order valence-electron chi connectivity index (χ2n) is 7.91. The Kier molecular flexibility index (Phi) is 13.7. The molecule has 1 aromatic rings. The Morgan fingerprint density at radius 2 is 1.93 bits per heavy atom. The van der Waals surface area contributed by atoms with E-state index in [-0.39, 0.29) is 29.9 Å². The Bertz CT molecular complexity index is 627. The minimum atomic E-state index is -0.114. The minimum absolute atomic E-state index is 0. The number of carbonyl (C=O) groups excluding carboxylic acids is 1. The molecule has 0 saturated carbocycles. The number of likely N-dealkylation sites (tertiary alicyclic amines) is 1. The maximum atomic E-state index is 11.1. The molecule has 2 atom stereocenters. The molecular formula is C23H39IN4O2. The highest BCUT2D eigenvalue weighted by atomic mass is 127. The lowest BCUT2D eigenvalue weighted by atomic mass is 9.97. The molecule has 1 fully saturated rings. The van der Waals surface area contributed by atoms with Gasteiger partial charge in [-0.25, -0.2) is 0 Å². The van der Waals surface area contributed by atoms with Crippen molar-refractivity contribution in [2.24, 2.45) is 4.99 Å². The van der Waals surface area contributed by atoms with E-state index in [2.05, 4.69) is 62.5 Å². The second-order valence-corrected chi connectivity index (χ2v) is 7.91. The maximum Gasteiger partial charge on any atom is 0.305 e. The first-order chi connectivity index (χ1) is 14.1. The lowest BCUT2D eigenvalue weighted by molar-refractivity contribution is -0.140. The van der Waals surface area contributed by atoms with Gasteiger partial charge < -0.3 is 15.4 Å². The smallest absolute Gasteiger partial charge is 0.305 e. The third kappa shape index (κ3) is 10.1. The molecule has 2 N–H and O–H groups in total. The molecule has 1 saturated heterocycles. The van der Waals surface area contributed by atoms with Crippen molar-refractivity contribution in [2.45, 2.75) is 70.5 Å². The van der Waals surface area contributed by atoms with Gasteiger partial charge in [-0.3, -0.25) is 14.7 Å². The molecule has 30 heavy (non-hydrogen) atoms. The maximum absolute atomic E-state index is 11.1. The number of carbonyl (C=O) groups is 1. The molecule has 2 rings (SSSR count). The molecule has 1 aliphatic rings. The number of nitrogens with zero attached hydrogens (tertiary/aromatic N) is 2. The Labute approximate surface area is 199 Å². The first-order valence-electron chi connectivity index (χ1n) is 10.9. The van der Waals surface area contributed by atoms with Crippen LogP contribution < -0.4 is 10.6 Å². The number of aliphatic imine (C=N–C) groups is 1. The van der Waals surface area contributed by atoms with Crippen molar-refractivity contribution in [2.75, 3.05) is 27.2 Å². The van der Waals surface area contributed by atoms with Crippen LogP contribution in [-0.4, -0.2) is 56.2 Å². The van der Waals surface area contributed by atoms with Gasteiger partial charge in [0, 0.05) is 45.2 Å². The molecule has 0 radical (unpaired) electrons. The molecule has 6 nitrogen and oxygen atoms in total. The summed E-state index contributed by atoms with van der Waals surface area (Å²) < 4.78 is 4.66. The molecule has 0 spiro atoms. The zero-order chi connectivity index (χ0) is 20.9. The summed E-state index contributed by atoms with van der Waals surface area (Å²) in [7, 11) is 3.28. The van der Waals surface area contributed by atoms with E-state index >= 15 is 0 Å². The molecule has 0 aliphatic carbocycles. The first kappa shape index (κ1) is 26.7. The number of halogens is 1. The van der Waals surface area contributed by atoms with Crippen LogP contribution >= 0.6 is 24.0 Å². The highest BCUT2D eigenvalue weighted by Gasteiger charge is 2.25. The number of hydrogen-bond donors (Lipinski definition) is 2. The molecule has 1 aliphatic heterocycles. The largest absolute Gasteiger partial charge is 0.469 e. The van der Waals surface area contributed by atoms with Crippen molar-refractivity contribution in [3.63, 3.8) is 0 Å². The molecule has 170 valence electrons. The van der Waals surface area contributed by atoms with E-state index in [0.717, 1.165) is 64.1 Å². The van der Waals surface area contributed by atoms with Crippen LogP contribution in [0, 0.1) is 0 Å². The molecule has 0 bridgehead atoms. The van der Waals surface area contributed by atoms with Gasteiger partial charge in [0.15, 0.2) is 5.96 Å². The van der Waals surface area contributed by atoms with Gasteiger partial charge >= 0.3 is 5.97 Å². The van der Waals surface area contributed by atoms with Crippen LogP contribution in [0.1, 0.15) is 57.4 Å². The number of rotatable bonds is 10. The van der Waals surface area contributed by atoms with Crippen molar-refractivity contribution in [1.29, 1.82) is 0 Å². The van der Waals surface area contributed by atoms with Gasteiger partial charge in [-0.2, -0.15) is 0 Å². The second kappa shape index (κ2) is 15.5. The first-order valence-corrected chi connectivity index (χ1v) is 10.9. The van der Waals surface area contributed by atoms with Gasteiger partial charge in [-0.15, -0.1) is 24.0 Å². The number of hydrogen-bond acceptors (Lipinski definition) is 4. The Morgan fingerprint density at radius 1 is 1.20 bits per heavy atom. The van der Waals surface area contributed by atoms with Gasteiger partial charge in [0.2, 0.25) is 0 Å². The number of nitrogens with one attached hydrogen (secondary N) is 2. The lowest BCUT2D eigenvalue weighted by Crippen LogP contribution is -2.51. The van der Waals surface area contributed by atoms with E-state index in [4.69, 9.17) is 0 Å². The average Bonchev–Trinajstić information content (AvgIpc) is 2.74. The van der Waals surface area contributed by atoms with Gasteiger partial charge in [-0.05, 0) is 38.2 Å². The van der Waals surface area contributed by atoms with E-state index in [1.165, 1.54) is 12.7 Å². The molecule has 2 unspecified atom stereocenters. The Hall–Kier alpha value is -1.35. The van der Waals surface area contributed by atoms with Crippen LogP contribution in [-0.2, 0) is 16.1 Å². The molecule has 0 amide bonds.